The fourth-order valence-corrected chi connectivity index (χ4v) is 4.16. The van der Waals surface area contributed by atoms with E-state index in [1.54, 1.807) is 23.9 Å². The summed E-state index contributed by atoms with van der Waals surface area (Å²) in [7, 11) is 0. The molecule has 1 atom stereocenters. The second-order valence-corrected chi connectivity index (χ2v) is 7.68. The highest BCUT2D eigenvalue weighted by Crippen LogP contribution is 2.31. The van der Waals surface area contributed by atoms with E-state index < -0.39 is 0 Å². The zero-order valence-electron chi connectivity index (χ0n) is 13.9. The fraction of sp³-hybridized carbons (Fsp3) is 0.350. The van der Waals surface area contributed by atoms with Crippen molar-refractivity contribution >= 4 is 17.7 Å². The minimum absolute atomic E-state index is 0.0578. The molecule has 3 rings (SSSR count). The molecule has 0 spiro atoms. The highest BCUT2D eigenvalue weighted by atomic mass is 32.2. The minimum atomic E-state index is -0.0578. The molecule has 0 saturated carbocycles. The lowest BCUT2D eigenvalue weighted by Gasteiger charge is -2.33. The van der Waals surface area contributed by atoms with Crippen molar-refractivity contribution in [3.8, 4) is 5.75 Å². The van der Waals surface area contributed by atoms with Crippen molar-refractivity contribution in [2.24, 2.45) is 0 Å². The molecule has 0 bridgehead atoms. The molecular formula is C20H23NO2S. The Balaban J connectivity index is 1.54. The summed E-state index contributed by atoms with van der Waals surface area (Å²) in [6.07, 6.45) is 1.97. The van der Waals surface area contributed by atoms with Gasteiger partial charge in [0, 0.05) is 18.0 Å². The fourth-order valence-electron chi connectivity index (χ4n) is 3.19. The van der Waals surface area contributed by atoms with E-state index >= 15 is 0 Å². The molecule has 2 aromatic carbocycles. The first-order valence-electron chi connectivity index (χ1n) is 8.43. The molecule has 0 radical (unpaired) electrons. The molecule has 1 heterocycles. The molecule has 0 aliphatic carbocycles. The Labute approximate surface area is 147 Å². The number of carbonyl (C=O) groups excluding carboxylic acids is 1. The van der Waals surface area contributed by atoms with Crippen LogP contribution in [-0.4, -0.2) is 34.3 Å². The summed E-state index contributed by atoms with van der Waals surface area (Å²) in [5.41, 5.74) is 1.26. The number of hydrogen-bond acceptors (Lipinski definition) is 3. The van der Waals surface area contributed by atoms with Gasteiger partial charge in [-0.25, -0.2) is 0 Å². The van der Waals surface area contributed by atoms with E-state index in [0.29, 0.717) is 11.7 Å². The van der Waals surface area contributed by atoms with Gasteiger partial charge >= 0.3 is 0 Å². The largest absolute Gasteiger partial charge is 0.508 e. The Bertz CT molecular complexity index is 664. The van der Waals surface area contributed by atoms with Crippen LogP contribution in [0.15, 0.2) is 59.5 Å². The molecule has 24 heavy (non-hydrogen) atoms. The van der Waals surface area contributed by atoms with Crippen LogP contribution in [0, 0.1) is 0 Å². The van der Waals surface area contributed by atoms with Gasteiger partial charge in [-0.05, 0) is 55.5 Å². The molecule has 1 aliphatic heterocycles. The summed E-state index contributed by atoms with van der Waals surface area (Å²) in [6.45, 7) is 3.61. The monoisotopic (exact) mass is 341 g/mol. The van der Waals surface area contributed by atoms with Crippen molar-refractivity contribution < 1.29 is 9.90 Å². The number of rotatable bonds is 4. The zero-order chi connectivity index (χ0) is 16.9. The molecular weight excluding hydrogens is 318 g/mol. The smallest absolute Gasteiger partial charge is 0.235 e. The molecule has 4 heteroatoms. The van der Waals surface area contributed by atoms with Crippen LogP contribution in [0.25, 0.3) is 0 Å². The van der Waals surface area contributed by atoms with Gasteiger partial charge in [0.05, 0.1) is 5.25 Å². The maximum Gasteiger partial charge on any atom is 0.235 e. The van der Waals surface area contributed by atoms with Crippen LogP contribution >= 0.6 is 11.8 Å². The highest BCUT2D eigenvalue weighted by Gasteiger charge is 2.27. The summed E-state index contributed by atoms with van der Waals surface area (Å²) in [5.74, 6) is 1.01. The average molecular weight is 341 g/mol. The third kappa shape index (κ3) is 4.12. The van der Waals surface area contributed by atoms with Gasteiger partial charge in [0.25, 0.3) is 0 Å². The Morgan fingerprint density at radius 2 is 1.71 bits per heavy atom. The van der Waals surface area contributed by atoms with Gasteiger partial charge in [0.15, 0.2) is 0 Å². The topological polar surface area (TPSA) is 40.5 Å². The Hall–Kier alpha value is -1.94. The van der Waals surface area contributed by atoms with E-state index in [0.717, 1.165) is 30.8 Å². The normalized spacial score (nSPS) is 16.8. The van der Waals surface area contributed by atoms with Crippen molar-refractivity contribution in [3.63, 3.8) is 0 Å². The van der Waals surface area contributed by atoms with Gasteiger partial charge in [-0.3, -0.25) is 4.79 Å². The predicted octanol–water partition coefficient (Wildman–Crippen LogP) is 4.28. The quantitative estimate of drug-likeness (QED) is 0.844. The van der Waals surface area contributed by atoms with E-state index in [1.165, 1.54) is 5.56 Å². The first-order chi connectivity index (χ1) is 11.6. The number of phenols is 1. The number of hydrogen-bond donors (Lipinski definition) is 1. The minimum Gasteiger partial charge on any atom is -0.508 e. The second-order valence-electron chi connectivity index (χ2n) is 6.26. The van der Waals surface area contributed by atoms with Gasteiger partial charge in [-0.1, -0.05) is 30.3 Å². The van der Waals surface area contributed by atoms with Gasteiger partial charge in [0.2, 0.25) is 5.91 Å². The lowest BCUT2D eigenvalue weighted by Crippen LogP contribution is -2.41. The number of phenolic OH excluding ortho intramolecular Hbond substituents is 1. The van der Waals surface area contributed by atoms with Crippen LogP contribution in [0.2, 0.25) is 0 Å². The number of thioether (sulfide) groups is 1. The van der Waals surface area contributed by atoms with E-state index in [4.69, 9.17) is 0 Å². The molecule has 1 N–H and O–H groups in total. The lowest BCUT2D eigenvalue weighted by molar-refractivity contribution is -0.131. The third-order valence-electron chi connectivity index (χ3n) is 4.57. The van der Waals surface area contributed by atoms with Crippen molar-refractivity contribution in [1.29, 1.82) is 0 Å². The Morgan fingerprint density at radius 1 is 1.08 bits per heavy atom. The highest BCUT2D eigenvalue weighted by molar-refractivity contribution is 8.00. The van der Waals surface area contributed by atoms with Crippen LogP contribution in [0.3, 0.4) is 0 Å². The summed E-state index contributed by atoms with van der Waals surface area (Å²) < 4.78 is 0. The van der Waals surface area contributed by atoms with Crippen LogP contribution in [0.1, 0.15) is 31.2 Å². The van der Waals surface area contributed by atoms with Gasteiger partial charge in [-0.15, -0.1) is 11.8 Å². The van der Waals surface area contributed by atoms with Crippen molar-refractivity contribution in [2.75, 3.05) is 13.1 Å². The SMILES string of the molecule is CC(Sc1ccccc1)C(=O)N1CCC(c2ccc(O)cc2)CC1. The summed E-state index contributed by atoms with van der Waals surface area (Å²) >= 11 is 1.63. The van der Waals surface area contributed by atoms with E-state index in [9.17, 15) is 9.90 Å². The zero-order valence-corrected chi connectivity index (χ0v) is 14.7. The van der Waals surface area contributed by atoms with Crippen molar-refractivity contribution in [1.82, 2.24) is 4.90 Å². The van der Waals surface area contributed by atoms with E-state index in [1.807, 2.05) is 54.3 Å². The summed E-state index contributed by atoms with van der Waals surface area (Å²) in [6, 6.07) is 17.6. The van der Waals surface area contributed by atoms with Crippen LogP contribution < -0.4 is 0 Å². The first kappa shape index (κ1) is 16.9. The molecule has 1 unspecified atom stereocenters. The average Bonchev–Trinajstić information content (AvgIpc) is 2.63. The Kier molecular flexibility index (Phi) is 5.46. The maximum absolute atomic E-state index is 12.7. The molecule has 1 amide bonds. The number of benzene rings is 2. The third-order valence-corrected chi connectivity index (χ3v) is 5.67. The summed E-state index contributed by atoms with van der Waals surface area (Å²) in [4.78, 5) is 15.8. The van der Waals surface area contributed by atoms with Gasteiger partial charge in [0.1, 0.15) is 5.75 Å². The van der Waals surface area contributed by atoms with Gasteiger partial charge in [-0.2, -0.15) is 0 Å². The first-order valence-corrected chi connectivity index (χ1v) is 9.31. The van der Waals surface area contributed by atoms with Gasteiger partial charge < -0.3 is 10.0 Å². The molecule has 126 valence electrons. The number of likely N-dealkylation sites (tertiary alicyclic amines) is 1. The van der Waals surface area contributed by atoms with E-state index in [-0.39, 0.29) is 11.2 Å². The molecule has 0 aromatic heterocycles. The number of nitrogens with zero attached hydrogens (tertiary/aromatic N) is 1. The number of carbonyl (C=O) groups is 1. The standard InChI is InChI=1S/C20H23NO2S/c1-15(24-19-5-3-2-4-6-19)20(23)21-13-11-17(12-14-21)16-7-9-18(22)10-8-16/h2-10,15,17,22H,11-14H2,1H3. The maximum atomic E-state index is 12.7. The lowest BCUT2D eigenvalue weighted by atomic mass is 9.89. The Morgan fingerprint density at radius 3 is 2.33 bits per heavy atom. The van der Waals surface area contributed by atoms with Crippen LogP contribution in [0.5, 0.6) is 5.75 Å². The molecule has 3 nitrogen and oxygen atoms in total. The predicted molar refractivity (Wildman–Crippen MR) is 98.4 cm³/mol. The second kappa shape index (κ2) is 7.75. The molecule has 1 fully saturated rings. The van der Waals surface area contributed by atoms with Crippen molar-refractivity contribution in [3.05, 3.63) is 60.2 Å². The van der Waals surface area contributed by atoms with Crippen LogP contribution in [-0.2, 0) is 4.79 Å². The molecule has 2 aromatic rings. The molecule has 1 saturated heterocycles. The number of piperidine rings is 1. The molecule has 1 aliphatic rings. The van der Waals surface area contributed by atoms with Crippen LogP contribution in [0.4, 0.5) is 0 Å². The van der Waals surface area contributed by atoms with Crippen molar-refractivity contribution in [2.45, 2.75) is 35.8 Å². The number of amides is 1. The van der Waals surface area contributed by atoms with E-state index in [2.05, 4.69) is 0 Å². The number of aromatic hydroxyl groups is 1. The summed E-state index contributed by atoms with van der Waals surface area (Å²) in [5, 5.41) is 9.34.